The summed E-state index contributed by atoms with van der Waals surface area (Å²) in [4.78, 5) is 11.3. The van der Waals surface area contributed by atoms with Crippen molar-refractivity contribution in [1.29, 1.82) is 0 Å². The largest absolute Gasteiger partial charge is 0.368 e. The van der Waals surface area contributed by atoms with Gasteiger partial charge in [-0.25, -0.2) is 0 Å². The van der Waals surface area contributed by atoms with Gasteiger partial charge in [-0.1, -0.05) is 48.7 Å². The molecule has 6 heteroatoms. The number of rotatable bonds is 5. The molecule has 0 radical (unpaired) electrons. The van der Waals surface area contributed by atoms with Crippen LogP contribution in [0.5, 0.6) is 0 Å². The Morgan fingerprint density at radius 1 is 1.28 bits per heavy atom. The van der Waals surface area contributed by atoms with Crippen molar-refractivity contribution in [2.24, 2.45) is 11.7 Å². The number of carbonyl (C=O) groups is 1. The standard InChI is InChI=1S/C12H15Cl3N2O/c1-6(2)11(12(16)18)17-5-7-8(13)3-4-9(14)10(7)15/h3-4,6,11,17H,5H2,1-2H3,(H2,16,18). The van der Waals surface area contributed by atoms with Crippen LogP contribution in [-0.2, 0) is 11.3 Å². The van der Waals surface area contributed by atoms with E-state index in [-0.39, 0.29) is 5.92 Å². The Hall–Kier alpha value is -0.480. The van der Waals surface area contributed by atoms with E-state index in [0.29, 0.717) is 27.2 Å². The van der Waals surface area contributed by atoms with Gasteiger partial charge < -0.3 is 11.1 Å². The van der Waals surface area contributed by atoms with E-state index in [2.05, 4.69) is 5.32 Å². The second kappa shape index (κ2) is 6.62. The number of hydrogen-bond donors (Lipinski definition) is 2. The first-order chi connectivity index (χ1) is 8.34. The topological polar surface area (TPSA) is 55.1 Å². The smallest absolute Gasteiger partial charge is 0.234 e. The lowest BCUT2D eigenvalue weighted by Crippen LogP contribution is -2.44. The molecule has 18 heavy (non-hydrogen) atoms. The maximum Gasteiger partial charge on any atom is 0.234 e. The average molecular weight is 310 g/mol. The van der Waals surface area contributed by atoms with Crippen LogP contribution in [0.2, 0.25) is 15.1 Å². The number of halogens is 3. The summed E-state index contributed by atoms with van der Waals surface area (Å²) in [6.07, 6.45) is 0. The molecule has 100 valence electrons. The zero-order valence-corrected chi connectivity index (χ0v) is 12.4. The maximum atomic E-state index is 11.3. The lowest BCUT2D eigenvalue weighted by atomic mass is 10.0. The summed E-state index contributed by atoms with van der Waals surface area (Å²) in [5.41, 5.74) is 5.98. The maximum absolute atomic E-state index is 11.3. The van der Waals surface area contributed by atoms with Crippen LogP contribution in [0.1, 0.15) is 19.4 Å². The molecular weight excluding hydrogens is 295 g/mol. The molecule has 3 N–H and O–H groups in total. The third-order valence-electron chi connectivity index (χ3n) is 2.61. The van der Waals surface area contributed by atoms with Gasteiger partial charge in [0.05, 0.1) is 16.1 Å². The minimum atomic E-state index is -0.434. The van der Waals surface area contributed by atoms with Crippen LogP contribution in [-0.4, -0.2) is 11.9 Å². The summed E-state index contributed by atoms with van der Waals surface area (Å²) < 4.78 is 0. The van der Waals surface area contributed by atoms with E-state index < -0.39 is 11.9 Å². The first kappa shape index (κ1) is 15.6. The molecule has 0 saturated carbocycles. The van der Waals surface area contributed by atoms with Crippen LogP contribution in [0.25, 0.3) is 0 Å². The van der Waals surface area contributed by atoms with Crippen molar-refractivity contribution >= 4 is 40.7 Å². The molecule has 1 unspecified atom stereocenters. The number of nitrogens with two attached hydrogens (primary N) is 1. The van der Waals surface area contributed by atoms with Gasteiger partial charge in [-0.2, -0.15) is 0 Å². The highest BCUT2D eigenvalue weighted by Gasteiger charge is 2.20. The Labute approximate surface area is 122 Å². The number of carbonyl (C=O) groups excluding carboxylic acids is 1. The van der Waals surface area contributed by atoms with Gasteiger partial charge in [-0.3, -0.25) is 4.79 Å². The lowest BCUT2D eigenvalue weighted by Gasteiger charge is -2.20. The number of amides is 1. The van der Waals surface area contributed by atoms with E-state index >= 15 is 0 Å². The van der Waals surface area contributed by atoms with Gasteiger partial charge in [0.1, 0.15) is 0 Å². The fourth-order valence-electron chi connectivity index (χ4n) is 1.61. The number of hydrogen-bond acceptors (Lipinski definition) is 2. The molecule has 1 aromatic rings. The molecule has 0 aliphatic rings. The molecule has 0 spiro atoms. The molecule has 0 aromatic heterocycles. The fraction of sp³-hybridized carbons (Fsp3) is 0.417. The molecule has 1 rings (SSSR count). The quantitative estimate of drug-likeness (QED) is 0.820. The molecule has 0 saturated heterocycles. The minimum Gasteiger partial charge on any atom is -0.368 e. The monoisotopic (exact) mass is 308 g/mol. The van der Waals surface area contributed by atoms with E-state index in [1.165, 1.54) is 0 Å². The molecule has 0 bridgehead atoms. The van der Waals surface area contributed by atoms with Gasteiger partial charge in [-0.05, 0) is 18.1 Å². The predicted molar refractivity (Wildman–Crippen MR) is 76.1 cm³/mol. The van der Waals surface area contributed by atoms with E-state index in [4.69, 9.17) is 40.5 Å². The molecule has 1 amide bonds. The van der Waals surface area contributed by atoms with Crippen molar-refractivity contribution < 1.29 is 4.79 Å². The average Bonchev–Trinajstić information content (AvgIpc) is 2.27. The van der Waals surface area contributed by atoms with Crippen LogP contribution in [0.15, 0.2) is 12.1 Å². The number of nitrogens with one attached hydrogen (secondary N) is 1. The molecule has 0 fully saturated rings. The van der Waals surface area contributed by atoms with E-state index in [1.54, 1.807) is 12.1 Å². The molecule has 1 atom stereocenters. The summed E-state index contributed by atoms with van der Waals surface area (Å²) in [7, 11) is 0. The normalized spacial score (nSPS) is 12.8. The Morgan fingerprint density at radius 2 is 1.83 bits per heavy atom. The van der Waals surface area contributed by atoms with E-state index in [1.807, 2.05) is 13.8 Å². The summed E-state index contributed by atoms with van der Waals surface area (Å²) in [5, 5.41) is 4.37. The first-order valence-corrected chi connectivity index (χ1v) is 6.63. The van der Waals surface area contributed by atoms with Crippen LogP contribution in [0.4, 0.5) is 0 Å². The number of primary amides is 1. The molecule has 0 aliphatic heterocycles. The van der Waals surface area contributed by atoms with Gasteiger partial charge in [0, 0.05) is 17.1 Å². The third-order valence-corrected chi connectivity index (χ3v) is 3.81. The van der Waals surface area contributed by atoms with Gasteiger partial charge >= 0.3 is 0 Å². The van der Waals surface area contributed by atoms with Gasteiger partial charge in [-0.15, -0.1) is 0 Å². The molecular formula is C12H15Cl3N2O. The molecule has 3 nitrogen and oxygen atoms in total. The molecule has 1 aromatic carbocycles. The minimum absolute atomic E-state index is 0.0826. The molecule has 0 aliphatic carbocycles. The van der Waals surface area contributed by atoms with Crippen molar-refractivity contribution in [1.82, 2.24) is 5.32 Å². The summed E-state index contributed by atoms with van der Waals surface area (Å²) >= 11 is 18.0. The lowest BCUT2D eigenvalue weighted by molar-refractivity contribution is -0.121. The number of benzene rings is 1. The van der Waals surface area contributed by atoms with Gasteiger partial charge in [0.25, 0.3) is 0 Å². The zero-order valence-electron chi connectivity index (χ0n) is 10.1. The third kappa shape index (κ3) is 3.75. The highest BCUT2D eigenvalue weighted by Crippen LogP contribution is 2.31. The van der Waals surface area contributed by atoms with Gasteiger partial charge in [0.15, 0.2) is 0 Å². The first-order valence-electron chi connectivity index (χ1n) is 5.49. The Morgan fingerprint density at radius 3 is 2.33 bits per heavy atom. The van der Waals surface area contributed by atoms with Crippen LogP contribution in [0, 0.1) is 5.92 Å². The van der Waals surface area contributed by atoms with Gasteiger partial charge in [0.2, 0.25) is 5.91 Å². The highest BCUT2D eigenvalue weighted by atomic mass is 35.5. The Kier molecular flexibility index (Phi) is 5.73. The van der Waals surface area contributed by atoms with Crippen molar-refractivity contribution in [3.05, 3.63) is 32.8 Å². The second-order valence-corrected chi connectivity index (χ2v) is 5.52. The van der Waals surface area contributed by atoms with Crippen LogP contribution in [0.3, 0.4) is 0 Å². The molecule has 0 heterocycles. The van der Waals surface area contributed by atoms with E-state index in [0.717, 1.165) is 0 Å². The SMILES string of the molecule is CC(C)C(NCc1c(Cl)ccc(Cl)c1Cl)C(N)=O. The fourth-order valence-corrected chi connectivity index (χ4v) is 2.29. The summed E-state index contributed by atoms with van der Waals surface area (Å²) in [6, 6.07) is 2.86. The van der Waals surface area contributed by atoms with Crippen molar-refractivity contribution in [3.63, 3.8) is 0 Å². The van der Waals surface area contributed by atoms with E-state index in [9.17, 15) is 4.79 Å². The Balaban J connectivity index is 2.86. The van der Waals surface area contributed by atoms with Crippen molar-refractivity contribution in [2.75, 3.05) is 0 Å². The Bertz CT molecular complexity index is 449. The van der Waals surface area contributed by atoms with Crippen LogP contribution < -0.4 is 11.1 Å². The zero-order chi connectivity index (χ0) is 13.9. The van der Waals surface area contributed by atoms with Crippen LogP contribution >= 0.6 is 34.8 Å². The summed E-state index contributed by atoms with van der Waals surface area (Å²) in [5.74, 6) is -0.321. The van der Waals surface area contributed by atoms with Crippen molar-refractivity contribution in [2.45, 2.75) is 26.4 Å². The summed E-state index contributed by atoms with van der Waals surface area (Å²) in [6.45, 7) is 4.15. The second-order valence-electron chi connectivity index (χ2n) is 4.33. The predicted octanol–water partition coefficient (Wildman–Crippen LogP) is 3.25. The highest BCUT2D eigenvalue weighted by molar-refractivity contribution is 6.44. The van der Waals surface area contributed by atoms with Crippen molar-refractivity contribution in [3.8, 4) is 0 Å².